The number of carbonyl (C=O) groups is 1. The van der Waals surface area contributed by atoms with E-state index in [1.54, 1.807) is 18.2 Å². The minimum atomic E-state index is -0.126. The quantitative estimate of drug-likeness (QED) is 0.820. The number of carbonyl (C=O) groups excluding carboxylic acids is 1. The topological polar surface area (TPSA) is 64.4 Å². The molecule has 0 aromatic heterocycles. The molecule has 0 bridgehead atoms. The van der Waals surface area contributed by atoms with E-state index in [0.717, 1.165) is 6.42 Å². The van der Waals surface area contributed by atoms with Crippen LogP contribution in [0.25, 0.3) is 0 Å². The summed E-state index contributed by atoms with van der Waals surface area (Å²) in [7, 11) is 0. The van der Waals surface area contributed by atoms with Crippen LogP contribution in [0.4, 0.5) is 5.69 Å². The first kappa shape index (κ1) is 14.9. The van der Waals surface area contributed by atoms with Crippen molar-refractivity contribution in [3.63, 3.8) is 0 Å². The highest BCUT2D eigenvalue weighted by Crippen LogP contribution is 2.24. The summed E-state index contributed by atoms with van der Waals surface area (Å²) in [5.74, 6) is 5.51. The first-order valence-corrected chi connectivity index (χ1v) is 6.89. The molecule has 2 rings (SSSR count). The molecule has 2 unspecified atom stereocenters. The molecule has 0 aliphatic carbocycles. The predicted octanol–water partition coefficient (Wildman–Crippen LogP) is 2.01. The van der Waals surface area contributed by atoms with E-state index in [-0.39, 0.29) is 24.5 Å². The molecule has 1 fully saturated rings. The van der Waals surface area contributed by atoms with Crippen LogP contribution in [0, 0.1) is 17.8 Å². The van der Waals surface area contributed by atoms with Gasteiger partial charge in [-0.25, -0.2) is 0 Å². The van der Waals surface area contributed by atoms with Gasteiger partial charge in [-0.1, -0.05) is 23.4 Å². The Morgan fingerprint density at radius 1 is 1.60 bits per heavy atom. The summed E-state index contributed by atoms with van der Waals surface area (Å²) >= 11 is 5.97. The summed E-state index contributed by atoms with van der Waals surface area (Å²) in [5.41, 5.74) is 6.69. The second kappa shape index (κ2) is 6.76. The van der Waals surface area contributed by atoms with Crippen molar-refractivity contribution in [2.75, 3.05) is 18.5 Å². The lowest BCUT2D eigenvalue weighted by Crippen LogP contribution is -2.23. The molecular formula is C15H17ClN2O2. The number of hydrogen-bond acceptors (Lipinski definition) is 3. The molecule has 4 nitrogen and oxygen atoms in total. The number of amides is 1. The minimum absolute atomic E-state index is 0.0626. The van der Waals surface area contributed by atoms with E-state index >= 15 is 0 Å². The van der Waals surface area contributed by atoms with Gasteiger partial charge in [-0.05, 0) is 31.5 Å². The molecular weight excluding hydrogens is 276 g/mol. The Morgan fingerprint density at radius 3 is 3.05 bits per heavy atom. The highest BCUT2D eigenvalue weighted by Gasteiger charge is 2.28. The third kappa shape index (κ3) is 3.73. The average molecular weight is 293 g/mol. The average Bonchev–Trinajstić information content (AvgIpc) is 2.85. The first-order valence-electron chi connectivity index (χ1n) is 6.51. The van der Waals surface area contributed by atoms with E-state index in [0.29, 0.717) is 22.9 Å². The van der Waals surface area contributed by atoms with Crippen LogP contribution in [0.1, 0.15) is 18.9 Å². The van der Waals surface area contributed by atoms with Crippen LogP contribution in [-0.2, 0) is 9.53 Å². The Morgan fingerprint density at radius 2 is 2.40 bits per heavy atom. The number of nitrogens with one attached hydrogen (secondary N) is 1. The van der Waals surface area contributed by atoms with Gasteiger partial charge in [0.1, 0.15) is 0 Å². The zero-order valence-corrected chi connectivity index (χ0v) is 12.0. The Kier molecular flexibility index (Phi) is 5.02. The molecule has 1 amide bonds. The number of rotatable bonds is 2. The van der Waals surface area contributed by atoms with Crippen LogP contribution in [-0.4, -0.2) is 25.2 Å². The van der Waals surface area contributed by atoms with Crippen LogP contribution in [0.3, 0.4) is 0 Å². The largest absolute Gasteiger partial charge is 0.378 e. The maximum absolute atomic E-state index is 12.2. The van der Waals surface area contributed by atoms with Gasteiger partial charge in [-0.15, -0.1) is 0 Å². The van der Waals surface area contributed by atoms with Gasteiger partial charge >= 0.3 is 0 Å². The number of ether oxygens (including phenoxy) is 1. The summed E-state index contributed by atoms with van der Waals surface area (Å²) in [5, 5.41) is 3.43. The van der Waals surface area contributed by atoms with E-state index in [1.807, 2.05) is 6.92 Å². The summed E-state index contributed by atoms with van der Waals surface area (Å²) in [6.07, 6.45) is 0.859. The van der Waals surface area contributed by atoms with Crippen LogP contribution in [0.5, 0.6) is 0 Å². The summed E-state index contributed by atoms with van der Waals surface area (Å²) < 4.78 is 5.41. The number of nitrogens with two attached hydrogens (primary N) is 1. The van der Waals surface area contributed by atoms with Crippen molar-refractivity contribution in [1.82, 2.24) is 0 Å². The number of anilines is 1. The highest BCUT2D eigenvalue weighted by molar-refractivity contribution is 6.31. The Bertz CT molecular complexity index is 563. The molecule has 0 radical (unpaired) electrons. The van der Waals surface area contributed by atoms with Gasteiger partial charge in [-0.2, -0.15) is 0 Å². The van der Waals surface area contributed by atoms with Gasteiger partial charge in [0.05, 0.1) is 30.9 Å². The van der Waals surface area contributed by atoms with Gasteiger partial charge in [0.15, 0.2) is 0 Å². The standard InChI is InChI=1S/C15H17ClN2O2/c1-10-7-12(9-20-10)15(19)18-14-8-13(16)5-4-11(14)3-2-6-17/h4-5,8,10,12H,6-7,9,17H2,1H3,(H,18,19). The molecule has 20 heavy (non-hydrogen) atoms. The zero-order valence-electron chi connectivity index (χ0n) is 11.3. The van der Waals surface area contributed by atoms with Crippen molar-refractivity contribution in [3.8, 4) is 11.8 Å². The molecule has 1 aromatic carbocycles. The van der Waals surface area contributed by atoms with E-state index in [4.69, 9.17) is 22.1 Å². The Hall–Kier alpha value is -1.54. The van der Waals surface area contributed by atoms with Gasteiger partial charge in [0, 0.05) is 10.6 Å². The van der Waals surface area contributed by atoms with E-state index < -0.39 is 0 Å². The molecule has 0 spiro atoms. The molecule has 1 saturated heterocycles. The van der Waals surface area contributed by atoms with E-state index in [2.05, 4.69) is 17.2 Å². The fraction of sp³-hybridized carbons (Fsp3) is 0.400. The van der Waals surface area contributed by atoms with Crippen molar-refractivity contribution in [1.29, 1.82) is 0 Å². The normalized spacial score (nSPS) is 21.1. The third-order valence-corrected chi connectivity index (χ3v) is 3.37. The molecule has 1 aliphatic heterocycles. The fourth-order valence-electron chi connectivity index (χ4n) is 2.11. The van der Waals surface area contributed by atoms with Crippen molar-refractivity contribution < 1.29 is 9.53 Å². The van der Waals surface area contributed by atoms with Gasteiger partial charge < -0.3 is 15.8 Å². The van der Waals surface area contributed by atoms with Gasteiger partial charge in [-0.3, -0.25) is 4.79 Å². The molecule has 3 N–H and O–H groups in total. The molecule has 0 saturated carbocycles. The molecule has 1 heterocycles. The highest BCUT2D eigenvalue weighted by atomic mass is 35.5. The number of benzene rings is 1. The lowest BCUT2D eigenvalue weighted by atomic mass is 10.0. The molecule has 1 aromatic rings. The third-order valence-electron chi connectivity index (χ3n) is 3.13. The lowest BCUT2D eigenvalue weighted by Gasteiger charge is -2.11. The molecule has 5 heteroatoms. The maximum atomic E-state index is 12.2. The SMILES string of the molecule is CC1CC(C(=O)Nc2cc(Cl)ccc2C#CCN)CO1. The number of halogens is 1. The van der Waals surface area contributed by atoms with Gasteiger partial charge in [0.2, 0.25) is 5.91 Å². The first-order chi connectivity index (χ1) is 9.60. The van der Waals surface area contributed by atoms with Crippen molar-refractivity contribution in [2.24, 2.45) is 11.7 Å². The fourth-order valence-corrected chi connectivity index (χ4v) is 2.28. The Labute approximate surface area is 123 Å². The van der Waals surface area contributed by atoms with E-state index in [1.165, 1.54) is 0 Å². The summed E-state index contributed by atoms with van der Waals surface area (Å²) in [6, 6.07) is 5.20. The minimum Gasteiger partial charge on any atom is -0.378 e. The molecule has 106 valence electrons. The van der Waals surface area contributed by atoms with Crippen LogP contribution in [0.2, 0.25) is 5.02 Å². The second-order valence-electron chi connectivity index (χ2n) is 4.76. The second-order valence-corrected chi connectivity index (χ2v) is 5.20. The molecule has 2 atom stereocenters. The van der Waals surface area contributed by atoms with Crippen LogP contribution in [0.15, 0.2) is 18.2 Å². The zero-order chi connectivity index (χ0) is 14.5. The van der Waals surface area contributed by atoms with Crippen molar-refractivity contribution in [3.05, 3.63) is 28.8 Å². The summed E-state index contributed by atoms with van der Waals surface area (Å²) in [4.78, 5) is 12.2. The monoisotopic (exact) mass is 292 g/mol. The van der Waals surface area contributed by atoms with Crippen molar-refractivity contribution >= 4 is 23.2 Å². The maximum Gasteiger partial charge on any atom is 0.229 e. The van der Waals surface area contributed by atoms with Crippen LogP contribution >= 0.6 is 11.6 Å². The predicted molar refractivity (Wildman–Crippen MR) is 79.5 cm³/mol. The smallest absolute Gasteiger partial charge is 0.229 e. The van der Waals surface area contributed by atoms with Crippen molar-refractivity contribution in [2.45, 2.75) is 19.4 Å². The molecule has 1 aliphatic rings. The van der Waals surface area contributed by atoms with Gasteiger partial charge in [0.25, 0.3) is 0 Å². The Balaban J connectivity index is 2.15. The van der Waals surface area contributed by atoms with Crippen LogP contribution < -0.4 is 11.1 Å². The van der Waals surface area contributed by atoms with E-state index in [9.17, 15) is 4.79 Å². The lowest BCUT2D eigenvalue weighted by molar-refractivity contribution is -0.119. The number of hydrogen-bond donors (Lipinski definition) is 2. The summed E-state index contributed by atoms with van der Waals surface area (Å²) in [6.45, 7) is 2.69.